The summed E-state index contributed by atoms with van der Waals surface area (Å²) in [5, 5.41) is 0. The Morgan fingerprint density at radius 3 is 2.60 bits per heavy atom. The average molecular weight is 233 g/mol. The molecule has 0 spiro atoms. The van der Waals surface area contributed by atoms with Crippen LogP contribution in [0.2, 0.25) is 0 Å². The third kappa shape index (κ3) is 3.57. The molecule has 0 aliphatic rings. The molecule has 0 amide bonds. The first-order chi connectivity index (χ1) is 6.54. The topological polar surface area (TPSA) is 57.2 Å². The number of rotatable bonds is 3. The van der Waals surface area contributed by atoms with Crippen molar-refractivity contribution in [2.24, 2.45) is 12.8 Å². The molecule has 1 rings (SSSR count). The molecule has 0 aliphatic carbocycles. The molecule has 5 heteroatoms. The zero-order valence-electron chi connectivity index (χ0n) is 9.19. The van der Waals surface area contributed by atoms with Gasteiger partial charge in [-0.05, 0) is 19.9 Å². The first-order valence-corrected chi connectivity index (χ1v) is 4.59. The second-order valence-electron chi connectivity index (χ2n) is 3.39. The summed E-state index contributed by atoms with van der Waals surface area (Å²) in [5.74, 6) is 0.587. The zero-order chi connectivity index (χ0) is 10.7. The summed E-state index contributed by atoms with van der Waals surface area (Å²) < 4.78 is 7.01. The van der Waals surface area contributed by atoms with Crippen LogP contribution in [-0.4, -0.2) is 17.2 Å². The zero-order valence-corrected chi connectivity index (χ0v) is 10.0. The number of ether oxygens (including phenoxy) is 1. The van der Waals surface area contributed by atoms with Gasteiger partial charge in [0.15, 0.2) is 0 Å². The van der Waals surface area contributed by atoms with Crippen LogP contribution >= 0.6 is 12.4 Å². The number of nitrogens with zero attached hydrogens (tertiary/aromatic N) is 1. The maximum Gasteiger partial charge on any atom is 0.254 e. The number of halogens is 1. The molecule has 0 saturated carbocycles. The van der Waals surface area contributed by atoms with Crippen molar-refractivity contribution in [1.82, 2.24) is 4.57 Å². The lowest BCUT2D eigenvalue weighted by Gasteiger charge is -2.13. The fourth-order valence-electron chi connectivity index (χ4n) is 1.09. The van der Waals surface area contributed by atoms with E-state index in [1.54, 1.807) is 11.6 Å². The van der Waals surface area contributed by atoms with Gasteiger partial charge in [-0.2, -0.15) is 0 Å². The Balaban J connectivity index is 0.00000196. The van der Waals surface area contributed by atoms with Crippen LogP contribution in [0.25, 0.3) is 0 Å². The van der Waals surface area contributed by atoms with Gasteiger partial charge in [-0.3, -0.25) is 4.79 Å². The highest BCUT2D eigenvalue weighted by Gasteiger charge is 2.04. The number of aromatic nitrogens is 1. The fourth-order valence-corrected chi connectivity index (χ4v) is 1.09. The van der Waals surface area contributed by atoms with Gasteiger partial charge in [-0.1, -0.05) is 0 Å². The van der Waals surface area contributed by atoms with Crippen molar-refractivity contribution in [1.29, 1.82) is 0 Å². The van der Waals surface area contributed by atoms with Crippen LogP contribution < -0.4 is 16.0 Å². The van der Waals surface area contributed by atoms with Crippen molar-refractivity contribution in [2.75, 3.05) is 6.54 Å². The van der Waals surface area contributed by atoms with Crippen molar-refractivity contribution < 1.29 is 4.74 Å². The second kappa shape index (κ2) is 5.78. The first kappa shape index (κ1) is 14.0. The van der Waals surface area contributed by atoms with Crippen LogP contribution in [-0.2, 0) is 7.05 Å². The number of nitrogens with two attached hydrogens (primary N) is 1. The van der Waals surface area contributed by atoms with E-state index in [1.165, 1.54) is 6.07 Å². The van der Waals surface area contributed by atoms with Crippen LogP contribution in [0.15, 0.2) is 16.9 Å². The van der Waals surface area contributed by atoms with Crippen molar-refractivity contribution in [3.63, 3.8) is 0 Å². The largest absolute Gasteiger partial charge is 0.489 e. The second-order valence-corrected chi connectivity index (χ2v) is 3.39. The van der Waals surface area contributed by atoms with E-state index in [0.29, 0.717) is 12.3 Å². The molecule has 86 valence electrons. The van der Waals surface area contributed by atoms with E-state index >= 15 is 0 Å². The molecule has 0 aromatic carbocycles. The maximum atomic E-state index is 11.4. The van der Waals surface area contributed by atoms with E-state index in [9.17, 15) is 4.79 Å². The summed E-state index contributed by atoms with van der Waals surface area (Å²) in [6.07, 6.45) is -0.0680. The van der Waals surface area contributed by atoms with Crippen LogP contribution in [0.3, 0.4) is 0 Å². The van der Waals surface area contributed by atoms with Crippen molar-refractivity contribution in [3.05, 3.63) is 28.2 Å². The Morgan fingerprint density at radius 2 is 2.13 bits per heavy atom. The summed E-state index contributed by atoms with van der Waals surface area (Å²) in [5.41, 5.74) is 6.22. The highest BCUT2D eigenvalue weighted by atomic mass is 35.5. The molecule has 0 saturated heterocycles. The van der Waals surface area contributed by atoms with Gasteiger partial charge in [0.05, 0.1) is 0 Å². The lowest BCUT2D eigenvalue weighted by atomic mass is 10.3. The van der Waals surface area contributed by atoms with Crippen LogP contribution in [0, 0.1) is 6.92 Å². The summed E-state index contributed by atoms with van der Waals surface area (Å²) >= 11 is 0. The number of pyridine rings is 1. The third-order valence-electron chi connectivity index (χ3n) is 2.15. The number of hydrogen-bond acceptors (Lipinski definition) is 3. The van der Waals surface area contributed by atoms with Gasteiger partial charge in [0.1, 0.15) is 11.9 Å². The highest BCUT2D eigenvalue weighted by Crippen LogP contribution is 2.10. The van der Waals surface area contributed by atoms with E-state index in [2.05, 4.69) is 0 Å². The Kier molecular flexibility index (Phi) is 5.39. The highest BCUT2D eigenvalue weighted by molar-refractivity contribution is 5.85. The van der Waals surface area contributed by atoms with Crippen LogP contribution in [0.4, 0.5) is 0 Å². The third-order valence-corrected chi connectivity index (χ3v) is 2.15. The van der Waals surface area contributed by atoms with Gasteiger partial charge in [0, 0.05) is 25.4 Å². The van der Waals surface area contributed by atoms with Crippen molar-refractivity contribution >= 4 is 12.4 Å². The van der Waals surface area contributed by atoms with E-state index in [0.717, 1.165) is 5.69 Å². The van der Waals surface area contributed by atoms with Gasteiger partial charge < -0.3 is 15.0 Å². The summed E-state index contributed by atoms with van der Waals surface area (Å²) in [6, 6.07) is 3.30. The first-order valence-electron chi connectivity index (χ1n) is 4.59. The maximum absolute atomic E-state index is 11.4. The van der Waals surface area contributed by atoms with Gasteiger partial charge in [0.2, 0.25) is 0 Å². The summed E-state index contributed by atoms with van der Waals surface area (Å²) in [7, 11) is 1.73. The van der Waals surface area contributed by atoms with E-state index in [1.807, 2.05) is 19.9 Å². The SMILES string of the molecule is Cc1cc(OC(C)CN)cc(=O)n1C.Cl. The molecule has 0 aliphatic heterocycles. The molecule has 0 bridgehead atoms. The minimum Gasteiger partial charge on any atom is -0.489 e. The van der Waals surface area contributed by atoms with Crippen molar-refractivity contribution in [3.8, 4) is 5.75 Å². The number of aryl methyl sites for hydroxylation is 1. The molecule has 0 fully saturated rings. The molecular weight excluding hydrogens is 216 g/mol. The minimum absolute atomic E-state index is 0. The van der Waals surface area contributed by atoms with Gasteiger partial charge in [-0.15, -0.1) is 12.4 Å². The van der Waals surface area contributed by atoms with E-state index in [-0.39, 0.29) is 24.1 Å². The van der Waals surface area contributed by atoms with Gasteiger partial charge >= 0.3 is 0 Å². The van der Waals surface area contributed by atoms with E-state index in [4.69, 9.17) is 10.5 Å². The molecule has 1 unspecified atom stereocenters. The molecule has 1 aromatic heterocycles. The molecular formula is C10H17ClN2O2. The lowest BCUT2D eigenvalue weighted by molar-refractivity contribution is 0.229. The fraction of sp³-hybridized carbons (Fsp3) is 0.500. The molecule has 1 aromatic rings. The van der Waals surface area contributed by atoms with Crippen molar-refractivity contribution in [2.45, 2.75) is 20.0 Å². The molecule has 0 radical (unpaired) electrons. The molecule has 4 nitrogen and oxygen atoms in total. The predicted molar refractivity (Wildman–Crippen MR) is 62.8 cm³/mol. The molecule has 2 N–H and O–H groups in total. The van der Waals surface area contributed by atoms with Gasteiger partial charge in [-0.25, -0.2) is 0 Å². The normalized spacial score (nSPS) is 11.7. The quantitative estimate of drug-likeness (QED) is 0.841. The van der Waals surface area contributed by atoms with E-state index < -0.39 is 0 Å². The molecule has 1 heterocycles. The Hall–Kier alpha value is -1.00. The standard InChI is InChI=1S/C10H16N2O2.ClH/c1-7-4-9(14-8(2)6-11)5-10(13)12(7)3;/h4-5,8H,6,11H2,1-3H3;1H. The minimum atomic E-state index is -0.0680. The Bertz CT molecular complexity index is 376. The monoisotopic (exact) mass is 232 g/mol. The average Bonchev–Trinajstić information content (AvgIpc) is 2.14. The van der Waals surface area contributed by atoms with Crippen LogP contribution in [0.5, 0.6) is 5.75 Å². The molecule has 1 atom stereocenters. The Labute approximate surface area is 95.5 Å². The van der Waals surface area contributed by atoms with Gasteiger partial charge in [0.25, 0.3) is 5.56 Å². The van der Waals surface area contributed by atoms with Crippen LogP contribution in [0.1, 0.15) is 12.6 Å². The summed E-state index contributed by atoms with van der Waals surface area (Å²) in [4.78, 5) is 11.4. The number of hydrogen-bond donors (Lipinski definition) is 1. The molecule has 15 heavy (non-hydrogen) atoms. The smallest absolute Gasteiger partial charge is 0.254 e. The predicted octanol–water partition coefficient (Wildman–Crippen LogP) is 0.842. The Morgan fingerprint density at radius 1 is 1.53 bits per heavy atom. The summed E-state index contributed by atoms with van der Waals surface area (Å²) in [6.45, 7) is 4.17. The lowest BCUT2D eigenvalue weighted by Crippen LogP contribution is -2.25.